The summed E-state index contributed by atoms with van der Waals surface area (Å²) < 4.78 is 26.5. The highest BCUT2D eigenvalue weighted by atomic mass is 32.2. The van der Waals surface area contributed by atoms with E-state index in [1.807, 2.05) is 0 Å². The first-order chi connectivity index (χ1) is 11.0. The van der Waals surface area contributed by atoms with E-state index in [-0.39, 0.29) is 15.6 Å². The molecule has 1 heterocycles. The van der Waals surface area contributed by atoms with Crippen molar-refractivity contribution < 1.29 is 8.42 Å². The number of hydrogen-bond acceptors (Lipinski definition) is 5. The van der Waals surface area contributed by atoms with Gasteiger partial charge in [0.05, 0.1) is 16.8 Å². The Bertz CT molecular complexity index is 998. The zero-order valence-corrected chi connectivity index (χ0v) is 12.8. The van der Waals surface area contributed by atoms with Gasteiger partial charge in [0.15, 0.2) is 0 Å². The van der Waals surface area contributed by atoms with Gasteiger partial charge in [-0.1, -0.05) is 36.4 Å². The Hall–Kier alpha value is -2.93. The Balaban J connectivity index is 2.26. The van der Waals surface area contributed by atoms with Crippen LogP contribution in [0.5, 0.6) is 0 Å². The van der Waals surface area contributed by atoms with E-state index < -0.39 is 15.5 Å². The molecule has 0 atom stereocenters. The van der Waals surface area contributed by atoms with Gasteiger partial charge in [0, 0.05) is 0 Å². The Labute approximate surface area is 132 Å². The van der Waals surface area contributed by atoms with E-state index in [0.29, 0.717) is 5.69 Å². The van der Waals surface area contributed by atoms with Gasteiger partial charge in [-0.25, -0.2) is 17.8 Å². The monoisotopic (exact) mass is 327 g/mol. The number of rotatable bonds is 3. The Morgan fingerprint density at radius 3 is 2.09 bits per heavy atom. The third-order valence-corrected chi connectivity index (χ3v) is 5.12. The maximum absolute atomic E-state index is 12.7. The van der Waals surface area contributed by atoms with Crippen molar-refractivity contribution in [3.63, 3.8) is 0 Å². The van der Waals surface area contributed by atoms with E-state index in [4.69, 9.17) is 5.73 Å². The molecule has 0 fully saturated rings. The molecule has 2 aromatic carbocycles. The topological polar surface area (TPSA) is 95.1 Å². The number of nitrogen functional groups attached to an aromatic ring is 1. The molecule has 0 amide bonds. The zero-order valence-electron chi connectivity index (χ0n) is 12.0. The standard InChI is InChI=1S/C16H13N3O3S/c17-15-14(23(21,22)13-9-5-2-6-10-13)11-18-16(20)19(15)12-7-3-1-4-8-12/h1-11H,17H2. The molecule has 0 spiro atoms. The summed E-state index contributed by atoms with van der Waals surface area (Å²) >= 11 is 0. The van der Waals surface area contributed by atoms with Gasteiger partial charge in [-0.2, -0.15) is 4.98 Å². The molecule has 7 heteroatoms. The molecule has 0 unspecified atom stereocenters. The molecule has 3 rings (SSSR count). The van der Waals surface area contributed by atoms with Gasteiger partial charge >= 0.3 is 5.69 Å². The predicted molar refractivity (Wildman–Crippen MR) is 86.1 cm³/mol. The lowest BCUT2D eigenvalue weighted by atomic mass is 10.3. The van der Waals surface area contributed by atoms with Crippen LogP contribution in [0.3, 0.4) is 0 Å². The highest BCUT2D eigenvalue weighted by Gasteiger charge is 2.23. The Morgan fingerprint density at radius 1 is 0.913 bits per heavy atom. The molecule has 0 aliphatic carbocycles. The van der Waals surface area contributed by atoms with Crippen LogP contribution in [0.15, 0.2) is 81.4 Å². The summed E-state index contributed by atoms with van der Waals surface area (Å²) in [5, 5.41) is 0. The minimum Gasteiger partial charge on any atom is -0.384 e. The number of hydrogen-bond donors (Lipinski definition) is 1. The fourth-order valence-corrected chi connectivity index (χ4v) is 3.54. The van der Waals surface area contributed by atoms with Crippen molar-refractivity contribution in [3.8, 4) is 5.69 Å². The molecule has 0 aliphatic rings. The smallest absolute Gasteiger partial charge is 0.353 e. The largest absolute Gasteiger partial charge is 0.384 e. The van der Waals surface area contributed by atoms with Crippen molar-refractivity contribution in [2.24, 2.45) is 0 Å². The van der Waals surface area contributed by atoms with E-state index in [1.165, 1.54) is 12.1 Å². The fourth-order valence-electron chi connectivity index (χ4n) is 2.21. The molecule has 6 nitrogen and oxygen atoms in total. The number of anilines is 1. The van der Waals surface area contributed by atoms with Crippen LogP contribution in [0, 0.1) is 0 Å². The van der Waals surface area contributed by atoms with Gasteiger partial charge in [-0.05, 0) is 24.3 Å². The number of nitrogens with zero attached hydrogens (tertiary/aromatic N) is 2. The summed E-state index contributed by atoms with van der Waals surface area (Å²) in [6.45, 7) is 0. The van der Waals surface area contributed by atoms with Gasteiger partial charge in [0.2, 0.25) is 9.84 Å². The van der Waals surface area contributed by atoms with Gasteiger partial charge < -0.3 is 5.73 Å². The number of aromatic nitrogens is 2. The highest BCUT2D eigenvalue weighted by molar-refractivity contribution is 7.91. The van der Waals surface area contributed by atoms with Crippen LogP contribution in [0.2, 0.25) is 0 Å². The first-order valence-electron chi connectivity index (χ1n) is 6.75. The molecule has 116 valence electrons. The van der Waals surface area contributed by atoms with Crippen molar-refractivity contribution >= 4 is 15.7 Å². The quantitative estimate of drug-likeness (QED) is 0.789. The lowest BCUT2D eigenvalue weighted by molar-refractivity contribution is 0.595. The fraction of sp³-hybridized carbons (Fsp3) is 0. The van der Waals surface area contributed by atoms with Gasteiger partial charge in [-0.3, -0.25) is 0 Å². The van der Waals surface area contributed by atoms with Crippen molar-refractivity contribution in [3.05, 3.63) is 77.3 Å². The molecule has 0 saturated carbocycles. The van der Waals surface area contributed by atoms with E-state index in [0.717, 1.165) is 10.8 Å². The number of benzene rings is 2. The summed E-state index contributed by atoms with van der Waals surface area (Å²) in [4.78, 5) is 15.6. The average molecular weight is 327 g/mol. The molecule has 1 aromatic heterocycles. The summed E-state index contributed by atoms with van der Waals surface area (Å²) in [7, 11) is -3.86. The van der Waals surface area contributed by atoms with E-state index >= 15 is 0 Å². The summed E-state index contributed by atoms with van der Waals surface area (Å²) in [5.74, 6) is -0.167. The second-order valence-electron chi connectivity index (χ2n) is 4.78. The minimum atomic E-state index is -3.86. The molecule has 3 aromatic rings. The van der Waals surface area contributed by atoms with Crippen molar-refractivity contribution in [1.82, 2.24) is 9.55 Å². The maximum Gasteiger partial charge on any atom is 0.353 e. The summed E-state index contributed by atoms with van der Waals surface area (Å²) in [6, 6.07) is 16.4. The van der Waals surface area contributed by atoms with Crippen LogP contribution in [0.1, 0.15) is 0 Å². The molecule has 0 radical (unpaired) electrons. The van der Waals surface area contributed by atoms with Crippen LogP contribution in [-0.4, -0.2) is 18.0 Å². The SMILES string of the molecule is Nc1c(S(=O)(=O)c2ccccc2)cnc(=O)n1-c1ccccc1. The van der Waals surface area contributed by atoms with Gasteiger partial charge in [0.1, 0.15) is 10.7 Å². The number of nitrogens with two attached hydrogens (primary N) is 1. The maximum atomic E-state index is 12.7. The molecular formula is C16H13N3O3S. The normalized spacial score (nSPS) is 11.3. The third-order valence-electron chi connectivity index (χ3n) is 3.33. The van der Waals surface area contributed by atoms with Crippen LogP contribution in [0.4, 0.5) is 5.82 Å². The van der Waals surface area contributed by atoms with Crippen LogP contribution >= 0.6 is 0 Å². The van der Waals surface area contributed by atoms with Crippen molar-refractivity contribution in [1.29, 1.82) is 0 Å². The summed E-state index contributed by atoms with van der Waals surface area (Å²) in [6.07, 6.45) is 0.999. The lowest BCUT2D eigenvalue weighted by Crippen LogP contribution is -2.26. The molecule has 0 saturated heterocycles. The van der Waals surface area contributed by atoms with E-state index in [1.54, 1.807) is 48.5 Å². The average Bonchev–Trinajstić information content (AvgIpc) is 2.56. The Kier molecular flexibility index (Phi) is 3.71. The van der Waals surface area contributed by atoms with Gasteiger partial charge in [-0.15, -0.1) is 0 Å². The second-order valence-corrected chi connectivity index (χ2v) is 6.70. The third kappa shape index (κ3) is 2.62. The first kappa shape index (κ1) is 15.0. The van der Waals surface area contributed by atoms with Crippen molar-refractivity contribution in [2.75, 3.05) is 5.73 Å². The van der Waals surface area contributed by atoms with Gasteiger partial charge in [0.25, 0.3) is 0 Å². The molecule has 2 N–H and O–H groups in total. The van der Waals surface area contributed by atoms with E-state index in [9.17, 15) is 13.2 Å². The minimum absolute atomic E-state index is 0.0896. The Morgan fingerprint density at radius 2 is 1.48 bits per heavy atom. The van der Waals surface area contributed by atoms with Crippen molar-refractivity contribution in [2.45, 2.75) is 9.79 Å². The van der Waals surface area contributed by atoms with E-state index in [2.05, 4.69) is 4.98 Å². The molecule has 0 aliphatic heterocycles. The molecule has 23 heavy (non-hydrogen) atoms. The summed E-state index contributed by atoms with van der Waals surface area (Å²) in [5.41, 5.74) is 5.80. The first-order valence-corrected chi connectivity index (χ1v) is 8.23. The second kappa shape index (κ2) is 5.69. The highest BCUT2D eigenvalue weighted by Crippen LogP contribution is 2.25. The lowest BCUT2D eigenvalue weighted by Gasteiger charge is -2.13. The number of para-hydroxylation sites is 1. The van der Waals surface area contributed by atoms with Crippen LogP contribution in [0.25, 0.3) is 5.69 Å². The molecular weight excluding hydrogens is 314 g/mol. The zero-order chi connectivity index (χ0) is 16.4. The molecule has 0 bridgehead atoms. The van der Waals surface area contributed by atoms with Crippen LogP contribution < -0.4 is 11.4 Å². The van der Waals surface area contributed by atoms with Crippen LogP contribution in [-0.2, 0) is 9.84 Å². The number of sulfone groups is 1. The predicted octanol–water partition coefficient (Wildman–Crippen LogP) is 1.65.